The van der Waals surface area contributed by atoms with Gasteiger partial charge in [-0.25, -0.2) is 4.79 Å². The molecule has 1 aromatic heterocycles. The molecule has 2 aromatic rings. The summed E-state index contributed by atoms with van der Waals surface area (Å²) in [7, 11) is 1.20. The lowest BCUT2D eigenvalue weighted by Crippen LogP contribution is -2.23. The topological polar surface area (TPSA) is 74.6 Å². The van der Waals surface area contributed by atoms with Crippen molar-refractivity contribution in [2.75, 3.05) is 13.7 Å². The molecule has 0 bridgehead atoms. The highest BCUT2D eigenvalue weighted by Gasteiger charge is 2.30. The van der Waals surface area contributed by atoms with Crippen molar-refractivity contribution >= 4 is 11.8 Å². The molecule has 2 heterocycles. The first-order valence-electron chi connectivity index (χ1n) is 7.13. The van der Waals surface area contributed by atoms with E-state index in [0.29, 0.717) is 12.1 Å². The molecule has 0 unspecified atom stereocenters. The van der Waals surface area contributed by atoms with Gasteiger partial charge in [0.25, 0.3) is 5.56 Å². The molecule has 6 nitrogen and oxygen atoms in total. The number of carbonyl (C=O) groups is 2. The number of ether oxygens (including phenoxy) is 2. The molecule has 118 valence electrons. The number of benzene rings is 1. The molecule has 0 fully saturated rings. The van der Waals surface area contributed by atoms with Crippen molar-refractivity contribution in [3.05, 3.63) is 62.9 Å². The Hall–Kier alpha value is -2.89. The van der Waals surface area contributed by atoms with Crippen LogP contribution in [0.1, 0.15) is 31.8 Å². The highest BCUT2D eigenvalue weighted by Crippen LogP contribution is 2.27. The Labute approximate surface area is 132 Å². The fourth-order valence-electron chi connectivity index (χ4n) is 2.56. The van der Waals surface area contributed by atoms with Crippen LogP contribution in [0.2, 0.25) is 0 Å². The Morgan fingerprint density at radius 3 is 2.57 bits per heavy atom. The van der Waals surface area contributed by atoms with Gasteiger partial charge in [-0.15, -0.1) is 0 Å². The van der Waals surface area contributed by atoms with Gasteiger partial charge in [-0.2, -0.15) is 0 Å². The van der Waals surface area contributed by atoms with Crippen molar-refractivity contribution in [1.29, 1.82) is 0 Å². The lowest BCUT2D eigenvalue weighted by atomic mass is 9.98. The van der Waals surface area contributed by atoms with E-state index < -0.39 is 11.5 Å². The van der Waals surface area contributed by atoms with E-state index >= 15 is 0 Å². The fourth-order valence-corrected chi connectivity index (χ4v) is 2.56. The van der Waals surface area contributed by atoms with Crippen molar-refractivity contribution in [2.45, 2.75) is 13.5 Å². The number of methoxy groups -OCH3 is 1. The zero-order chi connectivity index (χ0) is 16.6. The zero-order valence-corrected chi connectivity index (χ0v) is 12.8. The summed E-state index contributed by atoms with van der Waals surface area (Å²) in [6, 6.07) is 8.10. The predicted octanol–water partition coefficient (Wildman–Crippen LogP) is 1.57. The van der Waals surface area contributed by atoms with Crippen LogP contribution in [0.4, 0.5) is 0 Å². The molecule has 0 spiro atoms. The van der Waals surface area contributed by atoms with Crippen molar-refractivity contribution in [2.24, 2.45) is 0 Å². The van der Waals surface area contributed by atoms with Crippen LogP contribution in [0, 0.1) is 6.92 Å². The Balaban J connectivity index is 2.22. The van der Waals surface area contributed by atoms with Crippen LogP contribution in [-0.4, -0.2) is 30.0 Å². The highest BCUT2D eigenvalue weighted by molar-refractivity contribution is 6.15. The number of hydrogen-bond donors (Lipinski definition) is 0. The maximum absolute atomic E-state index is 12.9. The number of rotatable bonds is 3. The van der Waals surface area contributed by atoms with Crippen LogP contribution in [-0.2, 0) is 11.3 Å². The van der Waals surface area contributed by atoms with E-state index in [0.717, 1.165) is 11.6 Å². The molecular formula is C17H15NO5. The van der Waals surface area contributed by atoms with E-state index in [1.54, 1.807) is 24.3 Å². The van der Waals surface area contributed by atoms with E-state index in [2.05, 4.69) is 0 Å². The summed E-state index contributed by atoms with van der Waals surface area (Å²) < 4.78 is 11.5. The first-order chi connectivity index (χ1) is 11.0. The van der Waals surface area contributed by atoms with Gasteiger partial charge < -0.3 is 9.47 Å². The van der Waals surface area contributed by atoms with Crippen molar-refractivity contribution in [3.63, 3.8) is 0 Å². The van der Waals surface area contributed by atoms with Crippen molar-refractivity contribution in [3.8, 4) is 5.88 Å². The van der Waals surface area contributed by atoms with Crippen LogP contribution < -0.4 is 10.3 Å². The standard InChI is InChI=1S/C17H15NO5/c1-10-3-5-11(6-4-10)15(20)14-12(17(21)22-2)9-13(19)18-7-8-23-16(14)18/h3-6,9H,7-8H2,1-2H3. The van der Waals surface area contributed by atoms with Gasteiger partial charge in [0.2, 0.25) is 5.88 Å². The third-order valence-corrected chi connectivity index (χ3v) is 3.76. The largest absolute Gasteiger partial charge is 0.476 e. The second-order valence-corrected chi connectivity index (χ2v) is 5.26. The summed E-state index contributed by atoms with van der Waals surface area (Å²) in [6.07, 6.45) is 0. The molecule has 1 aromatic carbocycles. The minimum atomic E-state index is -0.739. The van der Waals surface area contributed by atoms with E-state index in [1.807, 2.05) is 6.92 Å². The number of ketones is 1. The molecule has 0 radical (unpaired) electrons. The van der Waals surface area contributed by atoms with Crippen LogP contribution in [0.5, 0.6) is 5.88 Å². The summed E-state index contributed by atoms with van der Waals surface area (Å²) in [5.74, 6) is -0.990. The monoisotopic (exact) mass is 313 g/mol. The third kappa shape index (κ3) is 2.52. The molecule has 0 atom stereocenters. The average Bonchev–Trinajstić information content (AvgIpc) is 3.04. The van der Waals surface area contributed by atoms with E-state index in [4.69, 9.17) is 9.47 Å². The van der Waals surface area contributed by atoms with Crippen molar-refractivity contribution in [1.82, 2.24) is 4.57 Å². The number of aryl methyl sites for hydroxylation is 1. The summed E-state index contributed by atoms with van der Waals surface area (Å²) in [6.45, 7) is 2.55. The van der Waals surface area contributed by atoms with Crippen LogP contribution in [0.15, 0.2) is 35.1 Å². The number of pyridine rings is 1. The molecule has 0 saturated carbocycles. The van der Waals surface area contributed by atoms with Gasteiger partial charge in [0, 0.05) is 11.6 Å². The Morgan fingerprint density at radius 1 is 1.22 bits per heavy atom. The summed E-state index contributed by atoms with van der Waals surface area (Å²) >= 11 is 0. The maximum Gasteiger partial charge on any atom is 0.339 e. The van der Waals surface area contributed by atoms with Gasteiger partial charge in [-0.1, -0.05) is 29.8 Å². The predicted molar refractivity (Wildman–Crippen MR) is 82.1 cm³/mol. The van der Waals surface area contributed by atoms with Gasteiger partial charge >= 0.3 is 5.97 Å². The molecule has 23 heavy (non-hydrogen) atoms. The lowest BCUT2D eigenvalue weighted by Gasteiger charge is -2.12. The minimum absolute atomic E-state index is 0.0674. The first-order valence-corrected chi connectivity index (χ1v) is 7.13. The number of carbonyl (C=O) groups excluding carboxylic acids is 2. The zero-order valence-electron chi connectivity index (χ0n) is 12.8. The Kier molecular flexibility index (Phi) is 3.73. The van der Waals surface area contributed by atoms with Gasteiger partial charge in [0.05, 0.1) is 24.8 Å². The molecule has 3 rings (SSSR count). The van der Waals surface area contributed by atoms with Crippen LogP contribution in [0.25, 0.3) is 0 Å². The molecule has 1 aliphatic rings. The Morgan fingerprint density at radius 2 is 1.91 bits per heavy atom. The highest BCUT2D eigenvalue weighted by atomic mass is 16.5. The lowest BCUT2D eigenvalue weighted by molar-refractivity contribution is 0.0596. The average molecular weight is 313 g/mol. The van der Waals surface area contributed by atoms with Gasteiger partial charge in [0.1, 0.15) is 6.61 Å². The second-order valence-electron chi connectivity index (χ2n) is 5.26. The Bertz CT molecular complexity index is 849. The summed E-state index contributed by atoms with van der Waals surface area (Å²) in [5.41, 5.74) is 1.03. The fraction of sp³-hybridized carbons (Fsp3) is 0.235. The molecule has 1 aliphatic heterocycles. The smallest absolute Gasteiger partial charge is 0.339 e. The van der Waals surface area contributed by atoms with Crippen molar-refractivity contribution < 1.29 is 19.1 Å². The quantitative estimate of drug-likeness (QED) is 0.635. The summed E-state index contributed by atoms with van der Waals surface area (Å²) in [4.78, 5) is 36.9. The minimum Gasteiger partial charge on any atom is -0.476 e. The second kappa shape index (κ2) is 5.72. The number of nitrogens with zero attached hydrogens (tertiary/aromatic N) is 1. The molecule has 0 amide bonds. The van der Waals surface area contributed by atoms with Gasteiger partial charge in [-0.3, -0.25) is 14.2 Å². The molecule has 0 N–H and O–H groups in total. The molecule has 0 saturated heterocycles. The van der Waals surface area contributed by atoms with E-state index in [-0.39, 0.29) is 29.4 Å². The number of hydrogen-bond acceptors (Lipinski definition) is 5. The number of aromatic nitrogens is 1. The summed E-state index contributed by atoms with van der Waals surface area (Å²) in [5, 5.41) is 0. The van der Waals surface area contributed by atoms with E-state index in [1.165, 1.54) is 11.7 Å². The van der Waals surface area contributed by atoms with Crippen LogP contribution >= 0.6 is 0 Å². The van der Waals surface area contributed by atoms with Gasteiger partial charge in [-0.05, 0) is 6.92 Å². The molecular weight excluding hydrogens is 298 g/mol. The number of fused-ring (bicyclic) bond motifs is 1. The maximum atomic E-state index is 12.9. The molecule has 6 heteroatoms. The molecule has 0 aliphatic carbocycles. The number of esters is 1. The SMILES string of the molecule is COC(=O)c1cc(=O)n2c(c1C(=O)c1ccc(C)cc1)OCC2. The normalized spacial score (nSPS) is 12.4. The van der Waals surface area contributed by atoms with E-state index in [9.17, 15) is 14.4 Å². The van der Waals surface area contributed by atoms with Crippen LogP contribution in [0.3, 0.4) is 0 Å². The third-order valence-electron chi connectivity index (χ3n) is 3.76. The first kappa shape index (κ1) is 15.0. The van der Waals surface area contributed by atoms with Gasteiger partial charge in [0.15, 0.2) is 5.78 Å².